The molecule has 2 nitrogen and oxygen atoms in total. The van der Waals surface area contributed by atoms with E-state index in [1.165, 1.54) is 108 Å². The Labute approximate surface area is 203 Å². The van der Waals surface area contributed by atoms with Crippen LogP contribution in [0, 0.1) is 0 Å². The van der Waals surface area contributed by atoms with Crippen molar-refractivity contribution >= 4 is 0 Å². The number of phenols is 1. The minimum Gasteiger partial charge on any atom is -0.504 e. The number of phenolic OH excluding ortho intramolecular Hbond substituents is 1. The van der Waals surface area contributed by atoms with E-state index in [1.54, 1.807) is 6.07 Å². The first-order chi connectivity index (χ1) is 16.3. The second kappa shape index (κ2) is 17.5. The van der Waals surface area contributed by atoms with E-state index < -0.39 is 0 Å². The molecule has 0 saturated carbocycles. The number of hydrogen-bond donors (Lipinski definition) is 1. The van der Waals surface area contributed by atoms with Crippen molar-refractivity contribution in [2.24, 2.45) is 0 Å². The van der Waals surface area contributed by atoms with E-state index in [0.717, 1.165) is 5.75 Å². The smallest absolute Gasteiger partial charge is 0.169 e. The maximum absolute atomic E-state index is 10.2. The average molecular weight is 453 g/mol. The third-order valence-electron chi connectivity index (χ3n) is 6.76. The molecule has 1 N–H and O–H groups in total. The van der Waals surface area contributed by atoms with Crippen molar-refractivity contribution in [3.8, 4) is 17.2 Å². The van der Waals surface area contributed by atoms with E-state index in [-0.39, 0.29) is 5.75 Å². The maximum Gasteiger partial charge on any atom is 0.169 e. The lowest BCUT2D eigenvalue weighted by molar-refractivity contribution is 0.402. The third kappa shape index (κ3) is 11.1. The predicted octanol–water partition coefficient (Wildman–Crippen LogP) is 10.5. The van der Waals surface area contributed by atoms with Gasteiger partial charge in [0.1, 0.15) is 5.75 Å². The maximum atomic E-state index is 10.2. The van der Waals surface area contributed by atoms with Gasteiger partial charge in [0.15, 0.2) is 11.5 Å². The van der Waals surface area contributed by atoms with Gasteiger partial charge in [-0.1, -0.05) is 134 Å². The summed E-state index contributed by atoms with van der Waals surface area (Å²) in [7, 11) is 0. The molecule has 0 aliphatic carbocycles. The van der Waals surface area contributed by atoms with E-state index in [2.05, 4.69) is 32.0 Å². The van der Waals surface area contributed by atoms with Crippen molar-refractivity contribution < 1.29 is 9.84 Å². The lowest BCUT2D eigenvalue weighted by atomic mass is 9.87. The predicted molar refractivity (Wildman–Crippen MR) is 143 cm³/mol. The molecule has 2 aromatic carbocycles. The summed E-state index contributed by atoms with van der Waals surface area (Å²) in [4.78, 5) is 0. The molecule has 0 aliphatic rings. The van der Waals surface area contributed by atoms with E-state index >= 15 is 0 Å². The summed E-state index contributed by atoms with van der Waals surface area (Å²) in [5, 5.41) is 10.2. The van der Waals surface area contributed by atoms with Gasteiger partial charge in [0.25, 0.3) is 0 Å². The van der Waals surface area contributed by atoms with Crippen LogP contribution in [0.4, 0.5) is 0 Å². The summed E-state index contributed by atoms with van der Waals surface area (Å²) in [5.74, 6) is 2.16. The minimum atomic E-state index is 0.197. The van der Waals surface area contributed by atoms with Crippen LogP contribution in [0.25, 0.3) is 0 Å². The summed E-state index contributed by atoms with van der Waals surface area (Å²) in [6.07, 6.45) is 21.4. The Balaban J connectivity index is 1.93. The molecule has 2 rings (SSSR count). The van der Waals surface area contributed by atoms with E-state index in [4.69, 9.17) is 4.74 Å². The average Bonchev–Trinajstić information content (AvgIpc) is 2.83. The number of unbranched alkanes of at least 4 members (excludes halogenated alkanes) is 12. The standard InChI is InChI=1S/C31H48O2/c1-3-5-7-9-10-11-12-14-16-22-27(21-15-13-8-6-4-2)28-23-17-19-25-30(28)33-31-26-20-18-24-29(31)32/h17-20,23-27,32H,3-16,21-22H2,1-2H3. The van der Waals surface area contributed by atoms with Crippen LogP contribution >= 0.6 is 0 Å². The Kier molecular flexibility index (Phi) is 14.5. The van der Waals surface area contributed by atoms with Gasteiger partial charge in [-0.3, -0.25) is 0 Å². The highest BCUT2D eigenvalue weighted by Gasteiger charge is 2.17. The SMILES string of the molecule is CCCCCCCCCCCC(CCCCCCC)c1ccccc1Oc1ccccc1O. The van der Waals surface area contributed by atoms with Gasteiger partial charge in [-0.15, -0.1) is 0 Å². The van der Waals surface area contributed by atoms with Gasteiger partial charge in [-0.2, -0.15) is 0 Å². The first kappa shape index (κ1) is 27.3. The molecular weight excluding hydrogens is 404 g/mol. The second-order valence-corrected chi connectivity index (χ2v) is 9.62. The van der Waals surface area contributed by atoms with Crippen LogP contribution in [0.5, 0.6) is 17.2 Å². The fourth-order valence-electron chi connectivity index (χ4n) is 4.72. The van der Waals surface area contributed by atoms with E-state index in [9.17, 15) is 5.11 Å². The summed E-state index contributed by atoms with van der Waals surface area (Å²) in [6.45, 7) is 4.56. The molecule has 0 amide bonds. The van der Waals surface area contributed by atoms with Crippen LogP contribution < -0.4 is 4.74 Å². The first-order valence-electron chi connectivity index (χ1n) is 13.8. The monoisotopic (exact) mass is 452 g/mol. The molecule has 2 aromatic rings. The molecule has 184 valence electrons. The minimum absolute atomic E-state index is 0.197. The molecule has 1 atom stereocenters. The van der Waals surface area contributed by atoms with Crippen molar-refractivity contribution in [3.63, 3.8) is 0 Å². The van der Waals surface area contributed by atoms with Crippen LogP contribution in [0.3, 0.4) is 0 Å². The number of benzene rings is 2. The van der Waals surface area contributed by atoms with Gasteiger partial charge >= 0.3 is 0 Å². The van der Waals surface area contributed by atoms with Gasteiger partial charge < -0.3 is 9.84 Å². The molecule has 0 aromatic heterocycles. The molecule has 0 spiro atoms. The highest BCUT2D eigenvalue weighted by atomic mass is 16.5. The van der Waals surface area contributed by atoms with Crippen molar-refractivity contribution in [1.29, 1.82) is 0 Å². The Morgan fingerprint density at radius 1 is 0.576 bits per heavy atom. The zero-order chi connectivity index (χ0) is 23.6. The lowest BCUT2D eigenvalue weighted by Gasteiger charge is -2.21. The Morgan fingerprint density at radius 3 is 1.58 bits per heavy atom. The molecule has 2 heteroatoms. The highest BCUT2D eigenvalue weighted by molar-refractivity contribution is 5.45. The molecule has 33 heavy (non-hydrogen) atoms. The van der Waals surface area contributed by atoms with Crippen molar-refractivity contribution in [2.45, 2.75) is 122 Å². The molecule has 0 aliphatic heterocycles. The van der Waals surface area contributed by atoms with Crippen LogP contribution in [-0.4, -0.2) is 5.11 Å². The summed E-state index contributed by atoms with van der Waals surface area (Å²) in [5.41, 5.74) is 1.30. The van der Waals surface area contributed by atoms with Gasteiger partial charge in [0, 0.05) is 0 Å². The summed E-state index contributed by atoms with van der Waals surface area (Å²) < 4.78 is 6.21. The Hall–Kier alpha value is -1.96. The molecule has 1 unspecified atom stereocenters. The topological polar surface area (TPSA) is 29.5 Å². The highest BCUT2D eigenvalue weighted by Crippen LogP contribution is 2.38. The quantitative estimate of drug-likeness (QED) is 0.215. The fourth-order valence-corrected chi connectivity index (χ4v) is 4.72. The van der Waals surface area contributed by atoms with Crippen LogP contribution in [0.1, 0.15) is 128 Å². The van der Waals surface area contributed by atoms with E-state index in [0.29, 0.717) is 11.7 Å². The number of hydrogen-bond acceptors (Lipinski definition) is 2. The summed E-state index contributed by atoms with van der Waals surface area (Å²) >= 11 is 0. The normalized spacial score (nSPS) is 12.1. The third-order valence-corrected chi connectivity index (χ3v) is 6.76. The Morgan fingerprint density at radius 2 is 1.03 bits per heavy atom. The molecule has 0 radical (unpaired) electrons. The second-order valence-electron chi connectivity index (χ2n) is 9.62. The van der Waals surface area contributed by atoms with Crippen molar-refractivity contribution in [2.75, 3.05) is 0 Å². The van der Waals surface area contributed by atoms with Gasteiger partial charge in [-0.25, -0.2) is 0 Å². The first-order valence-corrected chi connectivity index (χ1v) is 13.8. The van der Waals surface area contributed by atoms with Crippen LogP contribution in [0.15, 0.2) is 48.5 Å². The van der Waals surface area contributed by atoms with Gasteiger partial charge in [-0.05, 0) is 42.5 Å². The number of aromatic hydroxyl groups is 1. The molecule has 0 saturated heterocycles. The van der Waals surface area contributed by atoms with Crippen LogP contribution in [-0.2, 0) is 0 Å². The van der Waals surface area contributed by atoms with Gasteiger partial charge in [0.2, 0.25) is 0 Å². The Bertz CT molecular complexity index is 739. The molecule has 0 heterocycles. The van der Waals surface area contributed by atoms with Crippen molar-refractivity contribution in [1.82, 2.24) is 0 Å². The summed E-state index contributed by atoms with van der Waals surface area (Å²) in [6, 6.07) is 15.7. The number of rotatable bonds is 19. The number of ether oxygens (including phenoxy) is 1. The number of para-hydroxylation sites is 3. The largest absolute Gasteiger partial charge is 0.504 e. The van der Waals surface area contributed by atoms with E-state index in [1.807, 2.05) is 24.3 Å². The lowest BCUT2D eigenvalue weighted by Crippen LogP contribution is -2.02. The molecular formula is C31H48O2. The molecule has 0 bridgehead atoms. The zero-order valence-electron chi connectivity index (χ0n) is 21.4. The fraction of sp³-hybridized carbons (Fsp3) is 0.613. The zero-order valence-corrected chi connectivity index (χ0v) is 21.4. The van der Waals surface area contributed by atoms with Gasteiger partial charge in [0.05, 0.1) is 0 Å². The van der Waals surface area contributed by atoms with Crippen molar-refractivity contribution in [3.05, 3.63) is 54.1 Å². The van der Waals surface area contributed by atoms with Crippen LogP contribution in [0.2, 0.25) is 0 Å². The molecule has 0 fully saturated rings.